The Hall–Kier alpha value is -3.15. The van der Waals surface area contributed by atoms with Crippen molar-refractivity contribution in [2.45, 2.75) is 13.0 Å². The molecule has 0 saturated carbocycles. The van der Waals surface area contributed by atoms with Crippen molar-refractivity contribution in [1.82, 2.24) is 0 Å². The van der Waals surface area contributed by atoms with Crippen molar-refractivity contribution < 1.29 is 14.3 Å². The van der Waals surface area contributed by atoms with E-state index < -0.39 is 0 Å². The molecule has 0 aliphatic heterocycles. The molecule has 0 spiro atoms. The van der Waals surface area contributed by atoms with Gasteiger partial charge in [0.25, 0.3) is 5.91 Å². The van der Waals surface area contributed by atoms with Crippen LogP contribution >= 0.6 is 0 Å². The number of carbonyl (C=O) groups is 1. The van der Waals surface area contributed by atoms with E-state index >= 15 is 0 Å². The SMILES string of the molecule is COCCCOCc1ccc(C(=O)Nc2ccc(-c3ccccc3)cc2)cc1N. The molecular weight excluding hydrogens is 364 g/mol. The van der Waals surface area contributed by atoms with E-state index in [0.29, 0.717) is 31.1 Å². The molecule has 0 atom stereocenters. The van der Waals surface area contributed by atoms with E-state index in [-0.39, 0.29) is 5.91 Å². The van der Waals surface area contributed by atoms with Crippen LogP contribution in [0.3, 0.4) is 0 Å². The van der Waals surface area contributed by atoms with Gasteiger partial charge >= 0.3 is 0 Å². The lowest BCUT2D eigenvalue weighted by Crippen LogP contribution is -2.12. The van der Waals surface area contributed by atoms with Crippen LogP contribution in [-0.4, -0.2) is 26.2 Å². The van der Waals surface area contributed by atoms with Crippen LogP contribution in [0.1, 0.15) is 22.3 Å². The fraction of sp³-hybridized carbons (Fsp3) is 0.208. The summed E-state index contributed by atoms with van der Waals surface area (Å²) in [5.41, 5.74) is 11.0. The second-order valence-corrected chi connectivity index (χ2v) is 6.71. The number of nitrogens with one attached hydrogen (secondary N) is 1. The van der Waals surface area contributed by atoms with Gasteiger partial charge in [0.05, 0.1) is 6.61 Å². The summed E-state index contributed by atoms with van der Waals surface area (Å²) in [5, 5.41) is 2.91. The van der Waals surface area contributed by atoms with Gasteiger partial charge in [0.2, 0.25) is 0 Å². The first-order valence-corrected chi connectivity index (χ1v) is 9.59. The Morgan fingerprint density at radius 2 is 1.66 bits per heavy atom. The predicted octanol–water partition coefficient (Wildman–Crippen LogP) is 4.74. The number of anilines is 2. The summed E-state index contributed by atoms with van der Waals surface area (Å²) >= 11 is 0. The third-order valence-electron chi connectivity index (χ3n) is 4.55. The Kier molecular flexibility index (Phi) is 7.39. The molecule has 0 radical (unpaired) electrons. The van der Waals surface area contributed by atoms with Crippen LogP contribution < -0.4 is 11.1 Å². The minimum Gasteiger partial charge on any atom is -0.398 e. The van der Waals surface area contributed by atoms with Crippen LogP contribution in [0.15, 0.2) is 72.8 Å². The minimum atomic E-state index is -0.197. The molecule has 3 N–H and O–H groups in total. The van der Waals surface area contributed by atoms with Crippen LogP contribution in [0.5, 0.6) is 0 Å². The Labute approximate surface area is 171 Å². The van der Waals surface area contributed by atoms with E-state index in [9.17, 15) is 4.79 Å². The average Bonchev–Trinajstić information content (AvgIpc) is 2.75. The number of benzene rings is 3. The third kappa shape index (κ3) is 5.91. The van der Waals surface area contributed by atoms with Crippen LogP contribution in [0.25, 0.3) is 11.1 Å². The summed E-state index contributed by atoms with van der Waals surface area (Å²) in [4.78, 5) is 12.6. The van der Waals surface area contributed by atoms with Crippen molar-refractivity contribution >= 4 is 17.3 Å². The number of hydrogen-bond acceptors (Lipinski definition) is 4. The van der Waals surface area contributed by atoms with Gasteiger partial charge in [-0.2, -0.15) is 0 Å². The molecule has 0 aliphatic carbocycles. The van der Waals surface area contributed by atoms with Gasteiger partial charge in [0.15, 0.2) is 0 Å². The number of ether oxygens (including phenoxy) is 2. The molecule has 5 heteroatoms. The van der Waals surface area contributed by atoms with Crippen molar-refractivity contribution in [2.24, 2.45) is 0 Å². The zero-order valence-corrected chi connectivity index (χ0v) is 16.6. The van der Waals surface area contributed by atoms with E-state index in [2.05, 4.69) is 17.4 Å². The number of amides is 1. The molecular formula is C24H26N2O3. The van der Waals surface area contributed by atoms with Gasteiger partial charge in [-0.05, 0) is 41.8 Å². The van der Waals surface area contributed by atoms with E-state index in [1.54, 1.807) is 19.2 Å². The number of methoxy groups -OCH3 is 1. The average molecular weight is 390 g/mol. The van der Waals surface area contributed by atoms with E-state index in [1.165, 1.54) is 0 Å². The molecule has 0 unspecified atom stereocenters. The van der Waals surface area contributed by atoms with Gasteiger partial charge in [0.1, 0.15) is 0 Å². The van der Waals surface area contributed by atoms with Gasteiger partial charge in [-0.15, -0.1) is 0 Å². The first-order chi connectivity index (χ1) is 14.2. The lowest BCUT2D eigenvalue weighted by Gasteiger charge is -2.10. The largest absolute Gasteiger partial charge is 0.398 e. The normalized spacial score (nSPS) is 10.7. The van der Waals surface area contributed by atoms with Gasteiger partial charge < -0.3 is 20.5 Å². The molecule has 3 aromatic carbocycles. The van der Waals surface area contributed by atoms with Crippen LogP contribution in [0, 0.1) is 0 Å². The van der Waals surface area contributed by atoms with Crippen molar-refractivity contribution in [3.63, 3.8) is 0 Å². The molecule has 3 aromatic rings. The molecule has 0 heterocycles. The second kappa shape index (κ2) is 10.4. The maximum absolute atomic E-state index is 12.6. The third-order valence-corrected chi connectivity index (χ3v) is 4.55. The Balaban J connectivity index is 1.58. The number of carbonyl (C=O) groups excluding carboxylic acids is 1. The number of nitrogen functional groups attached to an aromatic ring is 1. The highest BCUT2D eigenvalue weighted by molar-refractivity contribution is 6.05. The van der Waals surface area contributed by atoms with Crippen LogP contribution in [-0.2, 0) is 16.1 Å². The first kappa shape index (κ1) is 20.6. The highest BCUT2D eigenvalue weighted by Gasteiger charge is 2.09. The number of hydrogen-bond donors (Lipinski definition) is 2. The number of rotatable bonds is 9. The molecule has 0 bridgehead atoms. The highest BCUT2D eigenvalue weighted by atomic mass is 16.5. The Morgan fingerprint density at radius 1 is 0.931 bits per heavy atom. The molecule has 0 fully saturated rings. The minimum absolute atomic E-state index is 0.197. The standard InChI is InChI=1S/C24H26N2O3/c1-28-14-5-15-29-17-21-9-8-20(16-23(21)25)24(27)26-22-12-10-19(11-13-22)18-6-3-2-4-7-18/h2-4,6-13,16H,5,14-15,17,25H2,1H3,(H,26,27). The molecule has 3 rings (SSSR count). The summed E-state index contributed by atoms with van der Waals surface area (Å²) in [5.74, 6) is -0.197. The van der Waals surface area contributed by atoms with Crippen molar-refractivity contribution in [3.8, 4) is 11.1 Å². The zero-order chi connectivity index (χ0) is 20.5. The Bertz CT molecular complexity index is 925. The summed E-state index contributed by atoms with van der Waals surface area (Å²) < 4.78 is 10.6. The zero-order valence-electron chi connectivity index (χ0n) is 16.6. The second-order valence-electron chi connectivity index (χ2n) is 6.71. The van der Waals surface area contributed by atoms with Gasteiger partial charge in [-0.3, -0.25) is 4.79 Å². The molecule has 1 amide bonds. The molecule has 0 aromatic heterocycles. The molecule has 0 aliphatic rings. The molecule has 150 valence electrons. The van der Waals surface area contributed by atoms with E-state index in [1.807, 2.05) is 48.5 Å². The maximum Gasteiger partial charge on any atom is 0.255 e. The summed E-state index contributed by atoms with van der Waals surface area (Å²) in [7, 11) is 1.67. The van der Waals surface area contributed by atoms with E-state index in [4.69, 9.17) is 15.2 Å². The molecule has 29 heavy (non-hydrogen) atoms. The highest BCUT2D eigenvalue weighted by Crippen LogP contribution is 2.22. The van der Waals surface area contributed by atoms with E-state index in [0.717, 1.165) is 28.8 Å². The fourth-order valence-corrected chi connectivity index (χ4v) is 2.93. The maximum atomic E-state index is 12.6. The van der Waals surface area contributed by atoms with Crippen molar-refractivity contribution in [1.29, 1.82) is 0 Å². The van der Waals surface area contributed by atoms with Crippen LogP contribution in [0.2, 0.25) is 0 Å². The predicted molar refractivity (Wildman–Crippen MR) is 117 cm³/mol. The van der Waals surface area contributed by atoms with Gasteiger partial charge in [-0.25, -0.2) is 0 Å². The quantitative estimate of drug-likeness (QED) is 0.409. The smallest absolute Gasteiger partial charge is 0.255 e. The summed E-state index contributed by atoms with van der Waals surface area (Å²) in [6, 6.07) is 23.2. The summed E-state index contributed by atoms with van der Waals surface area (Å²) in [6.07, 6.45) is 0.833. The van der Waals surface area contributed by atoms with Crippen LogP contribution in [0.4, 0.5) is 11.4 Å². The van der Waals surface area contributed by atoms with Gasteiger partial charge in [-0.1, -0.05) is 48.5 Å². The van der Waals surface area contributed by atoms with Crippen molar-refractivity contribution in [2.75, 3.05) is 31.4 Å². The fourth-order valence-electron chi connectivity index (χ4n) is 2.93. The molecule has 0 saturated heterocycles. The summed E-state index contributed by atoms with van der Waals surface area (Å²) in [6.45, 7) is 1.69. The lowest BCUT2D eigenvalue weighted by molar-refractivity contribution is 0.0930. The Morgan fingerprint density at radius 3 is 2.34 bits per heavy atom. The topological polar surface area (TPSA) is 73.6 Å². The molecule has 5 nitrogen and oxygen atoms in total. The van der Waals surface area contributed by atoms with Gasteiger partial charge in [0, 0.05) is 42.8 Å². The van der Waals surface area contributed by atoms with Crippen molar-refractivity contribution in [3.05, 3.63) is 83.9 Å². The lowest BCUT2D eigenvalue weighted by atomic mass is 10.1. The monoisotopic (exact) mass is 390 g/mol. The number of nitrogens with two attached hydrogens (primary N) is 1. The first-order valence-electron chi connectivity index (χ1n) is 9.59.